The minimum atomic E-state index is -0.413. The molecular formula is C15H16N2O3. The van der Waals surface area contributed by atoms with Crippen molar-refractivity contribution in [3.63, 3.8) is 0 Å². The maximum absolute atomic E-state index is 11.5. The van der Waals surface area contributed by atoms with Crippen LogP contribution >= 0.6 is 0 Å². The van der Waals surface area contributed by atoms with E-state index in [9.17, 15) is 4.79 Å². The molecule has 1 aliphatic rings. The predicted molar refractivity (Wildman–Crippen MR) is 76.1 cm³/mol. The van der Waals surface area contributed by atoms with Gasteiger partial charge in [-0.15, -0.1) is 0 Å². The summed E-state index contributed by atoms with van der Waals surface area (Å²) in [7, 11) is 1.36. The van der Waals surface area contributed by atoms with Crippen molar-refractivity contribution in [1.82, 2.24) is 4.98 Å². The van der Waals surface area contributed by atoms with Crippen LogP contribution in [-0.4, -0.2) is 44.4 Å². The zero-order valence-electron chi connectivity index (χ0n) is 11.3. The minimum Gasteiger partial charge on any atom is -0.464 e. The molecule has 0 atom stereocenters. The third kappa shape index (κ3) is 2.44. The summed E-state index contributed by atoms with van der Waals surface area (Å²) in [5.74, 6) is -0.413. The van der Waals surface area contributed by atoms with Crippen molar-refractivity contribution in [2.75, 3.05) is 38.3 Å². The van der Waals surface area contributed by atoms with Crippen molar-refractivity contribution < 1.29 is 14.3 Å². The molecular weight excluding hydrogens is 256 g/mol. The number of pyridine rings is 1. The molecule has 0 aliphatic carbocycles. The fourth-order valence-corrected chi connectivity index (χ4v) is 2.35. The second kappa shape index (κ2) is 5.46. The Bertz CT molecular complexity index is 636. The number of carbonyl (C=O) groups excluding carboxylic acids is 1. The summed E-state index contributed by atoms with van der Waals surface area (Å²) in [5.41, 5.74) is 2.29. The van der Waals surface area contributed by atoms with E-state index in [1.54, 1.807) is 6.07 Å². The van der Waals surface area contributed by atoms with Gasteiger partial charge in [-0.25, -0.2) is 9.78 Å². The third-order valence-corrected chi connectivity index (χ3v) is 3.44. The highest BCUT2D eigenvalue weighted by atomic mass is 16.5. The van der Waals surface area contributed by atoms with Crippen molar-refractivity contribution in [2.45, 2.75) is 0 Å². The summed E-state index contributed by atoms with van der Waals surface area (Å²) in [4.78, 5) is 18.1. The number of hydrogen-bond donors (Lipinski definition) is 0. The van der Waals surface area contributed by atoms with Gasteiger partial charge in [0.1, 0.15) is 5.69 Å². The van der Waals surface area contributed by atoms with Crippen molar-refractivity contribution in [3.05, 3.63) is 36.0 Å². The van der Waals surface area contributed by atoms with Gasteiger partial charge >= 0.3 is 5.97 Å². The van der Waals surface area contributed by atoms with Gasteiger partial charge < -0.3 is 14.4 Å². The van der Waals surface area contributed by atoms with E-state index in [4.69, 9.17) is 4.74 Å². The monoisotopic (exact) mass is 272 g/mol. The van der Waals surface area contributed by atoms with E-state index in [1.807, 2.05) is 18.2 Å². The highest BCUT2D eigenvalue weighted by molar-refractivity contribution is 5.91. The Hall–Kier alpha value is -2.14. The summed E-state index contributed by atoms with van der Waals surface area (Å²) in [6.45, 7) is 3.33. The summed E-state index contributed by atoms with van der Waals surface area (Å²) >= 11 is 0. The molecule has 20 heavy (non-hydrogen) atoms. The molecule has 3 rings (SSSR count). The maximum Gasteiger partial charge on any atom is 0.356 e. The largest absolute Gasteiger partial charge is 0.464 e. The Labute approximate surface area is 117 Å². The Morgan fingerprint density at radius 1 is 1.25 bits per heavy atom. The summed E-state index contributed by atoms with van der Waals surface area (Å²) < 4.78 is 10.0. The number of aromatic nitrogens is 1. The first-order valence-corrected chi connectivity index (χ1v) is 6.60. The molecule has 0 bridgehead atoms. The highest BCUT2D eigenvalue weighted by Gasteiger charge is 2.12. The van der Waals surface area contributed by atoms with Crippen LogP contribution in [0.1, 0.15) is 10.5 Å². The molecule has 2 heterocycles. The molecule has 5 nitrogen and oxygen atoms in total. The number of rotatable bonds is 2. The van der Waals surface area contributed by atoms with E-state index in [-0.39, 0.29) is 0 Å². The lowest BCUT2D eigenvalue weighted by Gasteiger charge is -2.29. The van der Waals surface area contributed by atoms with Crippen molar-refractivity contribution in [3.8, 4) is 0 Å². The van der Waals surface area contributed by atoms with Crippen LogP contribution in [-0.2, 0) is 9.47 Å². The molecule has 0 spiro atoms. The van der Waals surface area contributed by atoms with Gasteiger partial charge in [0.25, 0.3) is 0 Å². The summed E-state index contributed by atoms with van der Waals surface area (Å²) in [5, 5.41) is 1.02. The van der Waals surface area contributed by atoms with Gasteiger partial charge in [0.2, 0.25) is 0 Å². The lowest BCUT2D eigenvalue weighted by Crippen LogP contribution is -2.36. The number of benzene rings is 1. The Morgan fingerprint density at radius 2 is 2.05 bits per heavy atom. The minimum absolute atomic E-state index is 0.333. The number of esters is 1. The number of methoxy groups -OCH3 is 1. The van der Waals surface area contributed by atoms with Crippen LogP contribution in [0.25, 0.3) is 10.9 Å². The quantitative estimate of drug-likeness (QED) is 0.781. The molecule has 0 unspecified atom stereocenters. The number of fused-ring (bicyclic) bond motifs is 1. The second-order valence-corrected chi connectivity index (χ2v) is 4.66. The molecule has 1 saturated heterocycles. The molecule has 1 aromatic carbocycles. The van der Waals surface area contributed by atoms with E-state index in [2.05, 4.69) is 20.7 Å². The number of ether oxygens (including phenoxy) is 2. The van der Waals surface area contributed by atoms with Crippen molar-refractivity contribution >= 4 is 22.6 Å². The van der Waals surface area contributed by atoms with Crippen LogP contribution in [0.3, 0.4) is 0 Å². The summed E-state index contributed by atoms with van der Waals surface area (Å²) in [6.07, 6.45) is 0. The SMILES string of the molecule is COC(=O)c1ccc2cc(N3CCOCC3)ccc2n1. The molecule has 2 aromatic rings. The smallest absolute Gasteiger partial charge is 0.356 e. The number of hydrogen-bond acceptors (Lipinski definition) is 5. The van der Waals surface area contributed by atoms with Crippen LogP contribution in [0, 0.1) is 0 Å². The van der Waals surface area contributed by atoms with E-state index >= 15 is 0 Å². The molecule has 0 amide bonds. The van der Waals surface area contributed by atoms with Crippen molar-refractivity contribution in [2.24, 2.45) is 0 Å². The average Bonchev–Trinajstić information content (AvgIpc) is 2.54. The Kier molecular flexibility index (Phi) is 3.52. The third-order valence-electron chi connectivity index (χ3n) is 3.44. The molecule has 1 aromatic heterocycles. The molecule has 1 aliphatic heterocycles. The van der Waals surface area contributed by atoms with Crippen LogP contribution in [0.2, 0.25) is 0 Å². The molecule has 0 N–H and O–H groups in total. The highest BCUT2D eigenvalue weighted by Crippen LogP contribution is 2.22. The fraction of sp³-hybridized carbons (Fsp3) is 0.333. The normalized spacial score (nSPS) is 15.3. The number of nitrogens with zero attached hydrogens (tertiary/aromatic N) is 2. The molecule has 0 radical (unpaired) electrons. The van der Waals surface area contributed by atoms with Gasteiger partial charge in [-0.05, 0) is 24.3 Å². The van der Waals surface area contributed by atoms with Crippen LogP contribution in [0.5, 0.6) is 0 Å². The number of carbonyl (C=O) groups is 1. The zero-order valence-corrected chi connectivity index (χ0v) is 11.3. The molecule has 5 heteroatoms. The molecule has 104 valence electrons. The standard InChI is InChI=1S/C15H16N2O3/c1-19-15(18)14-4-2-11-10-12(3-5-13(11)16-14)17-6-8-20-9-7-17/h2-5,10H,6-9H2,1H3. The van der Waals surface area contributed by atoms with Gasteiger partial charge in [-0.2, -0.15) is 0 Å². The number of morpholine rings is 1. The first kappa shape index (κ1) is 12.9. The lowest BCUT2D eigenvalue weighted by atomic mass is 10.1. The first-order chi connectivity index (χ1) is 9.78. The van der Waals surface area contributed by atoms with Gasteiger partial charge in [-0.3, -0.25) is 0 Å². The van der Waals surface area contributed by atoms with Gasteiger partial charge in [0.15, 0.2) is 0 Å². The molecule has 0 saturated carbocycles. The number of anilines is 1. The van der Waals surface area contributed by atoms with Crippen LogP contribution in [0.15, 0.2) is 30.3 Å². The lowest BCUT2D eigenvalue weighted by molar-refractivity contribution is 0.0594. The maximum atomic E-state index is 11.5. The summed E-state index contributed by atoms with van der Waals surface area (Å²) in [6, 6.07) is 9.65. The first-order valence-electron chi connectivity index (χ1n) is 6.60. The predicted octanol–water partition coefficient (Wildman–Crippen LogP) is 1.86. The molecule has 1 fully saturated rings. The van der Waals surface area contributed by atoms with Gasteiger partial charge in [-0.1, -0.05) is 6.07 Å². The van der Waals surface area contributed by atoms with E-state index < -0.39 is 5.97 Å². The van der Waals surface area contributed by atoms with Crippen molar-refractivity contribution in [1.29, 1.82) is 0 Å². The van der Waals surface area contributed by atoms with E-state index in [0.717, 1.165) is 42.9 Å². The van der Waals surface area contributed by atoms with E-state index in [1.165, 1.54) is 7.11 Å². The Morgan fingerprint density at radius 3 is 2.80 bits per heavy atom. The van der Waals surface area contributed by atoms with E-state index in [0.29, 0.717) is 5.69 Å². The fourth-order valence-electron chi connectivity index (χ4n) is 2.35. The second-order valence-electron chi connectivity index (χ2n) is 4.66. The van der Waals surface area contributed by atoms with Crippen LogP contribution in [0.4, 0.5) is 5.69 Å². The van der Waals surface area contributed by atoms with Gasteiger partial charge in [0.05, 0.1) is 25.8 Å². The van der Waals surface area contributed by atoms with Crippen LogP contribution < -0.4 is 4.90 Å². The van der Waals surface area contributed by atoms with Gasteiger partial charge in [0, 0.05) is 24.2 Å². The Balaban J connectivity index is 1.93. The zero-order chi connectivity index (χ0) is 13.9. The average molecular weight is 272 g/mol. The topological polar surface area (TPSA) is 51.7 Å².